The van der Waals surface area contributed by atoms with Crippen LogP contribution in [0.5, 0.6) is 0 Å². The molecule has 2 N–H and O–H groups in total. The standard InChI is InChI=1S/C15H16N2O3S/c1-2-9-3-4-10-11(8-16)15(21-12(10)7-9)17-13(18)5-6-14(19)20/h5-6,9H,2-4,7H2,1H3,(H,17,18)(H,19,20)/b6-5-/t9-/m0/s1. The van der Waals surface area contributed by atoms with Gasteiger partial charge in [0.05, 0.1) is 5.56 Å². The van der Waals surface area contributed by atoms with Gasteiger partial charge in [-0.2, -0.15) is 5.26 Å². The van der Waals surface area contributed by atoms with Crippen LogP contribution in [0.2, 0.25) is 0 Å². The van der Waals surface area contributed by atoms with E-state index in [4.69, 9.17) is 5.11 Å². The summed E-state index contributed by atoms with van der Waals surface area (Å²) in [4.78, 5) is 23.2. The van der Waals surface area contributed by atoms with Crippen LogP contribution < -0.4 is 5.32 Å². The lowest BCUT2D eigenvalue weighted by atomic mass is 9.86. The number of hydrogen-bond donors (Lipinski definition) is 2. The van der Waals surface area contributed by atoms with Crippen LogP contribution in [0.1, 0.15) is 35.8 Å². The summed E-state index contributed by atoms with van der Waals surface area (Å²) in [6.45, 7) is 2.16. The van der Waals surface area contributed by atoms with Crippen molar-refractivity contribution in [1.29, 1.82) is 5.26 Å². The minimum Gasteiger partial charge on any atom is -0.478 e. The first-order valence-corrected chi connectivity index (χ1v) is 7.63. The lowest BCUT2D eigenvalue weighted by Crippen LogP contribution is -2.12. The number of rotatable bonds is 4. The van der Waals surface area contributed by atoms with E-state index in [9.17, 15) is 14.9 Å². The monoisotopic (exact) mass is 304 g/mol. The number of nitriles is 1. The molecule has 1 aromatic rings. The van der Waals surface area contributed by atoms with Crippen molar-refractivity contribution in [1.82, 2.24) is 0 Å². The average molecular weight is 304 g/mol. The first kappa shape index (κ1) is 15.3. The van der Waals surface area contributed by atoms with Gasteiger partial charge in [-0.3, -0.25) is 4.79 Å². The number of nitrogens with zero attached hydrogens (tertiary/aromatic N) is 1. The number of carbonyl (C=O) groups excluding carboxylic acids is 1. The van der Waals surface area contributed by atoms with E-state index in [0.29, 0.717) is 16.5 Å². The van der Waals surface area contributed by atoms with Crippen LogP contribution in [-0.2, 0) is 22.4 Å². The molecule has 6 heteroatoms. The molecule has 1 heterocycles. The first-order valence-electron chi connectivity index (χ1n) is 6.81. The SMILES string of the molecule is CC[C@H]1CCc2c(sc(NC(=O)/C=C\C(=O)O)c2C#N)C1. The molecule has 1 atom stereocenters. The Morgan fingerprint density at radius 1 is 1.52 bits per heavy atom. The van der Waals surface area contributed by atoms with Crippen molar-refractivity contribution in [3.63, 3.8) is 0 Å². The topological polar surface area (TPSA) is 90.2 Å². The summed E-state index contributed by atoms with van der Waals surface area (Å²) in [5.41, 5.74) is 1.58. The van der Waals surface area contributed by atoms with Crippen LogP contribution in [0.25, 0.3) is 0 Å². The molecule has 0 radical (unpaired) electrons. The van der Waals surface area contributed by atoms with Gasteiger partial charge >= 0.3 is 5.97 Å². The maximum atomic E-state index is 11.7. The molecular weight excluding hydrogens is 288 g/mol. The Labute approximate surface area is 126 Å². The number of thiophene rings is 1. The number of carbonyl (C=O) groups is 2. The second-order valence-electron chi connectivity index (χ2n) is 5.00. The Bertz CT molecular complexity index is 640. The highest BCUT2D eigenvalue weighted by atomic mass is 32.1. The van der Waals surface area contributed by atoms with E-state index >= 15 is 0 Å². The minimum atomic E-state index is -1.18. The van der Waals surface area contributed by atoms with E-state index in [2.05, 4.69) is 18.3 Å². The third kappa shape index (κ3) is 3.50. The van der Waals surface area contributed by atoms with Gasteiger partial charge in [0.15, 0.2) is 0 Å². The van der Waals surface area contributed by atoms with Gasteiger partial charge in [0.25, 0.3) is 0 Å². The van der Waals surface area contributed by atoms with Crippen molar-refractivity contribution in [2.24, 2.45) is 5.92 Å². The van der Waals surface area contributed by atoms with Crippen molar-refractivity contribution in [2.45, 2.75) is 32.6 Å². The molecule has 0 spiro atoms. The summed E-state index contributed by atoms with van der Waals surface area (Å²) < 4.78 is 0. The largest absolute Gasteiger partial charge is 0.478 e. The van der Waals surface area contributed by atoms with Crippen LogP contribution in [0.4, 0.5) is 5.00 Å². The van der Waals surface area contributed by atoms with Gasteiger partial charge in [-0.1, -0.05) is 13.3 Å². The highest BCUT2D eigenvalue weighted by Crippen LogP contribution is 2.39. The highest BCUT2D eigenvalue weighted by molar-refractivity contribution is 7.16. The summed E-state index contributed by atoms with van der Waals surface area (Å²) in [5, 5.41) is 21.0. The normalized spacial score (nSPS) is 17.2. The van der Waals surface area contributed by atoms with Crippen molar-refractivity contribution >= 4 is 28.2 Å². The first-order chi connectivity index (χ1) is 10.0. The van der Waals surface area contributed by atoms with Gasteiger partial charge in [0.1, 0.15) is 11.1 Å². The number of nitrogens with one attached hydrogen (secondary N) is 1. The van der Waals surface area contributed by atoms with E-state index in [1.165, 1.54) is 16.2 Å². The zero-order chi connectivity index (χ0) is 15.4. The van der Waals surface area contributed by atoms with E-state index in [1.807, 2.05) is 0 Å². The molecule has 0 aromatic carbocycles. The van der Waals surface area contributed by atoms with Crippen molar-refractivity contribution in [2.75, 3.05) is 5.32 Å². The summed E-state index contributed by atoms with van der Waals surface area (Å²) in [5.74, 6) is -1.07. The summed E-state index contributed by atoms with van der Waals surface area (Å²) >= 11 is 1.43. The average Bonchev–Trinajstić information content (AvgIpc) is 2.80. The van der Waals surface area contributed by atoms with Gasteiger partial charge in [0.2, 0.25) is 5.91 Å². The van der Waals surface area contributed by atoms with Crippen molar-refractivity contribution in [3.8, 4) is 6.07 Å². The smallest absolute Gasteiger partial charge is 0.328 e. The molecule has 0 unspecified atom stereocenters. The van der Waals surface area contributed by atoms with Gasteiger partial charge in [-0.05, 0) is 30.7 Å². The Morgan fingerprint density at radius 3 is 2.90 bits per heavy atom. The Kier molecular flexibility index (Phi) is 4.76. The summed E-state index contributed by atoms with van der Waals surface area (Å²) in [7, 11) is 0. The third-order valence-electron chi connectivity index (χ3n) is 3.67. The molecule has 1 aromatic heterocycles. The van der Waals surface area contributed by atoms with Gasteiger partial charge < -0.3 is 10.4 Å². The number of carboxylic acid groups (broad SMARTS) is 1. The quantitative estimate of drug-likeness (QED) is 0.837. The zero-order valence-electron chi connectivity index (χ0n) is 11.7. The van der Waals surface area contributed by atoms with Crippen molar-refractivity contribution < 1.29 is 14.7 Å². The van der Waals surface area contributed by atoms with Gasteiger partial charge in [-0.25, -0.2) is 4.79 Å². The second kappa shape index (κ2) is 6.55. The fourth-order valence-electron chi connectivity index (χ4n) is 2.51. The number of carboxylic acids is 1. The fraction of sp³-hybridized carbons (Fsp3) is 0.400. The Morgan fingerprint density at radius 2 is 2.29 bits per heavy atom. The summed E-state index contributed by atoms with van der Waals surface area (Å²) in [6.07, 6.45) is 5.74. The van der Waals surface area contributed by atoms with Crippen LogP contribution in [0.3, 0.4) is 0 Å². The maximum absolute atomic E-state index is 11.7. The molecule has 110 valence electrons. The number of amides is 1. The number of anilines is 1. The second-order valence-corrected chi connectivity index (χ2v) is 6.10. The molecule has 0 saturated carbocycles. The third-order valence-corrected chi connectivity index (χ3v) is 4.84. The van der Waals surface area contributed by atoms with E-state index in [1.54, 1.807) is 0 Å². The molecule has 5 nitrogen and oxygen atoms in total. The van der Waals surface area contributed by atoms with Gasteiger partial charge in [-0.15, -0.1) is 11.3 Å². The Balaban J connectivity index is 2.22. The van der Waals surface area contributed by atoms with Crippen LogP contribution in [0.15, 0.2) is 12.2 Å². The zero-order valence-corrected chi connectivity index (χ0v) is 12.5. The van der Waals surface area contributed by atoms with E-state index in [-0.39, 0.29) is 0 Å². The molecule has 0 fully saturated rings. The molecule has 21 heavy (non-hydrogen) atoms. The number of fused-ring (bicyclic) bond motifs is 1. The number of aliphatic carboxylic acids is 1. The predicted octanol–water partition coefficient (Wildman–Crippen LogP) is 2.71. The van der Waals surface area contributed by atoms with Crippen molar-refractivity contribution in [3.05, 3.63) is 28.2 Å². The minimum absolute atomic E-state index is 0.527. The number of hydrogen-bond acceptors (Lipinski definition) is 4. The molecule has 2 rings (SSSR count). The van der Waals surface area contributed by atoms with Crippen LogP contribution in [0, 0.1) is 17.2 Å². The highest BCUT2D eigenvalue weighted by Gasteiger charge is 2.25. The predicted molar refractivity (Wildman–Crippen MR) is 80.2 cm³/mol. The lowest BCUT2D eigenvalue weighted by Gasteiger charge is -2.20. The van der Waals surface area contributed by atoms with Crippen LogP contribution in [-0.4, -0.2) is 17.0 Å². The van der Waals surface area contributed by atoms with Crippen LogP contribution >= 0.6 is 11.3 Å². The molecule has 0 saturated heterocycles. The lowest BCUT2D eigenvalue weighted by molar-refractivity contribution is -0.131. The van der Waals surface area contributed by atoms with E-state index in [0.717, 1.165) is 43.4 Å². The molecular formula is C15H16N2O3S. The Hall–Kier alpha value is -2.13. The summed E-state index contributed by atoms with van der Waals surface area (Å²) in [6, 6.07) is 2.16. The van der Waals surface area contributed by atoms with Gasteiger partial charge in [0, 0.05) is 17.0 Å². The maximum Gasteiger partial charge on any atom is 0.328 e. The fourth-order valence-corrected chi connectivity index (χ4v) is 3.82. The molecule has 1 amide bonds. The molecule has 1 aliphatic rings. The molecule has 0 bridgehead atoms. The van der Waals surface area contributed by atoms with E-state index < -0.39 is 11.9 Å². The molecule has 1 aliphatic carbocycles. The molecule has 0 aliphatic heterocycles.